The third-order valence-corrected chi connectivity index (χ3v) is 6.70. The highest BCUT2D eigenvalue weighted by Crippen LogP contribution is 2.28. The number of nitriles is 1. The van der Waals surface area contributed by atoms with E-state index >= 15 is 0 Å². The fourth-order valence-corrected chi connectivity index (χ4v) is 4.89. The minimum absolute atomic E-state index is 0.0359. The number of aromatic amines is 1. The molecule has 2 heterocycles. The zero-order valence-corrected chi connectivity index (χ0v) is 21.5. The zero-order chi connectivity index (χ0) is 26.2. The third kappa shape index (κ3) is 6.64. The monoisotopic (exact) mass is 495 g/mol. The summed E-state index contributed by atoms with van der Waals surface area (Å²) in [4.78, 5) is 42.0. The predicted molar refractivity (Wildman–Crippen MR) is 137 cm³/mol. The van der Waals surface area contributed by atoms with E-state index in [0.717, 1.165) is 10.9 Å². The lowest BCUT2D eigenvalue weighted by molar-refractivity contribution is -0.127. The van der Waals surface area contributed by atoms with Gasteiger partial charge >= 0.3 is 0 Å². The van der Waals surface area contributed by atoms with Gasteiger partial charge in [-0.05, 0) is 49.9 Å². The molecule has 2 aromatic rings. The second-order valence-electron chi connectivity index (χ2n) is 9.85. The molecule has 0 aliphatic carbocycles. The zero-order valence-electron chi connectivity index (χ0n) is 21.5. The summed E-state index contributed by atoms with van der Waals surface area (Å²) in [6.45, 7) is 7.06. The number of H-pyrrole nitrogens is 1. The summed E-state index contributed by atoms with van der Waals surface area (Å²) in [7, 11) is 1.58. The summed E-state index contributed by atoms with van der Waals surface area (Å²) >= 11 is 0. The predicted octanol–water partition coefficient (Wildman–Crippen LogP) is 2.92. The van der Waals surface area contributed by atoms with Gasteiger partial charge in [-0.3, -0.25) is 14.4 Å². The van der Waals surface area contributed by atoms with Crippen LogP contribution in [0.2, 0.25) is 0 Å². The Bertz CT molecular complexity index is 1120. The molecule has 1 saturated heterocycles. The summed E-state index contributed by atoms with van der Waals surface area (Å²) < 4.78 is 5.40. The van der Waals surface area contributed by atoms with Gasteiger partial charge in [0.25, 0.3) is 0 Å². The Kier molecular flexibility index (Phi) is 9.48. The molecule has 1 aromatic carbocycles. The molecule has 9 nitrogen and oxygen atoms in total. The van der Waals surface area contributed by atoms with Crippen molar-refractivity contribution in [2.24, 2.45) is 17.8 Å². The number of rotatable bonds is 13. The number of fused-ring (bicyclic) bond motifs is 1. The summed E-state index contributed by atoms with van der Waals surface area (Å²) in [5.74, 6) is -0.440. The number of ether oxygens (including phenoxy) is 1. The maximum absolute atomic E-state index is 13.5. The number of likely N-dealkylation sites (N-methyl/N-ethyl adjacent to an activating group) is 1. The van der Waals surface area contributed by atoms with Crippen LogP contribution >= 0.6 is 0 Å². The van der Waals surface area contributed by atoms with E-state index in [0.29, 0.717) is 43.8 Å². The Morgan fingerprint density at radius 2 is 2.08 bits per heavy atom. The number of Topliss-reactive ketones (excluding diaryl/α,β-unsaturated/α-hetero) is 1. The van der Waals surface area contributed by atoms with Crippen molar-refractivity contribution in [1.82, 2.24) is 20.9 Å². The number of nitrogens with one attached hydrogen (secondary N) is 4. The van der Waals surface area contributed by atoms with E-state index in [2.05, 4.69) is 27.0 Å². The quantitative estimate of drug-likeness (QED) is 0.316. The van der Waals surface area contributed by atoms with Crippen LogP contribution in [0.3, 0.4) is 0 Å². The van der Waals surface area contributed by atoms with Crippen molar-refractivity contribution in [3.8, 4) is 11.8 Å². The Morgan fingerprint density at radius 3 is 2.69 bits per heavy atom. The minimum atomic E-state index is -0.635. The molecule has 4 N–H and O–H groups in total. The van der Waals surface area contributed by atoms with Crippen LogP contribution in [0.5, 0.6) is 5.75 Å². The molecule has 0 bridgehead atoms. The maximum atomic E-state index is 13.5. The molecule has 1 aliphatic heterocycles. The van der Waals surface area contributed by atoms with Crippen LogP contribution in [-0.2, 0) is 9.59 Å². The van der Waals surface area contributed by atoms with Gasteiger partial charge < -0.3 is 25.7 Å². The molecule has 1 fully saturated rings. The summed E-state index contributed by atoms with van der Waals surface area (Å²) in [6, 6.07) is 8.37. The number of methoxy groups -OCH3 is 1. The number of hydrogen-bond donors (Lipinski definition) is 4. The topological polar surface area (TPSA) is 136 Å². The number of hydrogen-bond acceptors (Lipinski definition) is 6. The molecule has 2 amide bonds. The Balaban J connectivity index is 1.79. The van der Waals surface area contributed by atoms with Gasteiger partial charge in [-0.25, -0.2) is 0 Å². The first-order valence-corrected chi connectivity index (χ1v) is 12.7. The average Bonchev–Trinajstić information content (AvgIpc) is 3.47. The van der Waals surface area contributed by atoms with E-state index in [4.69, 9.17) is 4.74 Å². The van der Waals surface area contributed by atoms with Gasteiger partial charge in [-0.15, -0.1) is 0 Å². The SMILES string of the molecule is CCNC(C#N)[C@H](C[C@@H]1CCNC1=O)NC(=O)[C@@H](CC(=O)c1cc2c(OC)cccc2[nH]1)CC(C)C. The Morgan fingerprint density at radius 1 is 1.31 bits per heavy atom. The molecular weight excluding hydrogens is 458 g/mol. The molecule has 0 saturated carbocycles. The molecule has 194 valence electrons. The number of ketones is 1. The van der Waals surface area contributed by atoms with Crippen LogP contribution in [0.15, 0.2) is 24.3 Å². The van der Waals surface area contributed by atoms with E-state index in [1.807, 2.05) is 39.0 Å². The van der Waals surface area contributed by atoms with Gasteiger partial charge in [0, 0.05) is 35.7 Å². The highest BCUT2D eigenvalue weighted by molar-refractivity contribution is 6.02. The molecule has 36 heavy (non-hydrogen) atoms. The highest BCUT2D eigenvalue weighted by Gasteiger charge is 2.34. The first kappa shape index (κ1) is 27.2. The first-order chi connectivity index (χ1) is 17.3. The fourth-order valence-electron chi connectivity index (χ4n) is 4.89. The van der Waals surface area contributed by atoms with E-state index in [1.54, 1.807) is 13.2 Å². The van der Waals surface area contributed by atoms with Crippen LogP contribution < -0.4 is 20.7 Å². The van der Waals surface area contributed by atoms with Crippen molar-refractivity contribution in [2.75, 3.05) is 20.2 Å². The lowest BCUT2D eigenvalue weighted by atomic mass is 9.89. The van der Waals surface area contributed by atoms with Crippen LogP contribution in [-0.4, -0.2) is 54.9 Å². The molecule has 0 spiro atoms. The Hall–Kier alpha value is -3.38. The number of benzene rings is 1. The number of aromatic nitrogens is 1. The standard InChI is InChI=1S/C27H37N5O4/c1-5-29-23(15-28)21(12-17-9-10-30-26(17)34)32-27(35)18(11-16(2)3)13-24(33)22-14-19-20(31-22)7-6-8-25(19)36-4/h6-8,14,16-18,21,23,29,31H,5,9-13H2,1-4H3,(H,30,34)(H,32,35)/t17-,18+,21-,23?/m0/s1. The molecule has 1 aliphatic rings. The van der Waals surface area contributed by atoms with Crippen LogP contribution in [0.4, 0.5) is 0 Å². The Labute approximate surface area is 212 Å². The largest absolute Gasteiger partial charge is 0.496 e. The minimum Gasteiger partial charge on any atom is -0.496 e. The molecule has 1 unspecified atom stereocenters. The van der Waals surface area contributed by atoms with Crippen LogP contribution in [0, 0.1) is 29.1 Å². The molecule has 4 atom stereocenters. The highest BCUT2D eigenvalue weighted by atomic mass is 16.5. The van der Waals surface area contributed by atoms with Crippen molar-refractivity contribution in [3.63, 3.8) is 0 Å². The summed E-state index contributed by atoms with van der Waals surface area (Å²) in [5.41, 5.74) is 1.22. The molecule has 1 aromatic heterocycles. The van der Waals surface area contributed by atoms with E-state index in [1.165, 1.54) is 0 Å². The lowest BCUT2D eigenvalue weighted by Crippen LogP contribution is -2.52. The number of amides is 2. The molecule has 9 heteroatoms. The van der Waals surface area contributed by atoms with Gasteiger partial charge in [0.1, 0.15) is 11.8 Å². The molecular formula is C27H37N5O4. The van der Waals surface area contributed by atoms with Gasteiger partial charge in [0.05, 0.1) is 24.9 Å². The maximum Gasteiger partial charge on any atom is 0.223 e. The smallest absolute Gasteiger partial charge is 0.223 e. The number of nitrogens with zero attached hydrogens (tertiary/aromatic N) is 1. The number of carbonyl (C=O) groups is 3. The molecule has 3 rings (SSSR count). The second-order valence-corrected chi connectivity index (χ2v) is 9.85. The van der Waals surface area contributed by atoms with Crippen molar-refractivity contribution < 1.29 is 19.1 Å². The number of carbonyl (C=O) groups excluding carboxylic acids is 3. The van der Waals surface area contributed by atoms with Crippen LogP contribution in [0.1, 0.15) is 56.9 Å². The average molecular weight is 496 g/mol. The summed E-state index contributed by atoms with van der Waals surface area (Å²) in [5, 5.41) is 19.5. The van der Waals surface area contributed by atoms with Gasteiger partial charge in [-0.1, -0.05) is 26.8 Å². The normalized spacial score (nSPS) is 17.9. The van der Waals surface area contributed by atoms with Crippen molar-refractivity contribution >= 4 is 28.5 Å². The van der Waals surface area contributed by atoms with E-state index < -0.39 is 18.0 Å². The van der Waals surface area contributed by atoms with Crippen molar-refractivity contribution in [2.45, 2.75) is 58.5 Å². The third-order valence-electron chi connectivity index (χ3n) is 6.70. The van der Waals surface area contributed by atoms with Gasteiger partial charge in [-0.2, -0.15) is 5.26 Å². The van der Waals surface area contributed by atoms with Crippen LogP contribution in [0.25, 0.3) is 10.9 Å². The molecule has 0 radical (unpaired) electrons. The first-order valence-electron chi connectivity index (χ1n) is 12.7. The van der Waals surface area contributed by atoms with Gasteiger partial charge in [0.15, 0.2) is 5.78 Å². The lowest BCUT2D eigenvalue weighted by Gasteiger charge is -2.28. The van der Waals surface area contributed by atoms with Gasteiger partial charge in [0.2, 0.25) is 11.8 Å². The second kappa shape index (κ2) is 12.5. The van der Waals surface area contributed by atoms with E-state index in [9.17, 15) is 19.6 Å². The fraction of sp³-hybridized carbons (Fsp3) is 0.556. The van der Waals surface area contributed by atoms with E-state index in [-0.39, 0.29) is 35.9 Å². The van der Waals surface area contributed by atoms with Crippen molar-refractivity contribution in [1.29, 1.82) is 5.26 Å². The van der Waals surface area contributed by atoms with Crippen molar-refractivity contribution in [3.05, 3.63) is 30.0 Å². The summed E-state index contributed by atoms with van der Waals surface area (Å²) in [6.07, 6.45) is 1.60.